The summed E-state index contributed by atoms with van der Waals surface area (Å²) in [5.41, 5.74) is 0.321. The van der Waals surface area contributed by atoms with Crippen molar-refractivity contribution in [1.29, 1.82) is 0 Å². The molecular weight excluding hydrogens is 183 g/mol. The number of hydrogen-bond acceptors (Lipinski definition) is 2. The third-order valence-electron chi connectivity index (χ3n) is 1.75. The van der Waals surface area contributed by atoms with Crippen LogP contribution in [0.5, 0.6) is 5.75 Å². The number of carbonyl (C=O) groups excluding carboxylic acids is 1. The molecule has 0 bridgehead atoms. The van der Waals surface area contributed by atoms with E-state index in [1.807, 2.05) is 0 Å². The molecule has 1 rings (SSSR count). The molecule has 0 atom stereocenters. The molecule has 0 aliphatic carbocycles. The molecule has 0 aliphatic heterocycles. The van der Waals surface area contributed by atoms with Crippen molar-refractivity contribution in [3.8, 4) is 5.75 Å². The first kappa shape index (κ1) is 10.4. The summed E-state index contributed by atoms with van der Waals surface area (Å²) in [4.78, 5) is 11.3. The number of halogens is 1. The van der Waals surface area contributed by atoms with Gasteiger partial charge >= 0.3 is 0 Å². The van der Waals surface area contributed by atoms with Gasteiger partial charge in [-0.05, 0) is 31.2 Å². The Balaban J connectivity index is 3.02. The SMILES string of the molecule is CC=CC(=O)c1ccc(OC)c(F)c1. The Morgan fingerprint density at radius 3 is 2.71 bits per heavy atom. The number of hydrogen-bond donors (Lipinski definition) is 0. The Kier molecular flexibility index (Phi) is 3.40. The highest BCUT2D eigenvalue weighted by atomic mass is 19.1. The summed E-state index contributed by atoms with van der Waals surface area (Å²) in [6.07, 6.45) is 3.01. The van der Waals surface area contributed by atoms with E-state index in [2.05, 4.69) is 0 Å². The Morgan fingerprint density at radius 2 is 2.21 bits per heavy atom. The van der Waals surface area contributed by atoms with Crippen molar-refractivity contribution in [2.75, 3.05) is 7.11 Å². The van der Waals surface area contributed by atoms with Crippen LogP contribution in [0.2, 0.25) is 0 Å². The number of carbonyl (C=O) groups is 1. The van der Waals surface area contributed by atoms with Gasteiger partial charge in [0.1, 0.15) is 0 Å². The fraction of sp³-hybridized carbons (Fsp3) is 0.182. The fourth-order valence-corrected chi connectivity index (χ4v) is 1.07. The minimum absolute atomic E-state index is 0.141. The molecule has 0 unspecified atom stereocenters. The quantitative estimate of drug-likeness (QED) is 0.546. The molecule has 1 aromatic rings. The van der Waals surface area contributed by atoms with E-state index in [4.69, 9.17) is 4.74 Å². The maximum absolute atomic E-state index is 13.1. The van der Waals surface area contributed by atoms with Crippen LogP contribution < -0.4 is 4.74 Å². The fourth-order valence-electron chi connectivity index (χ4n) is 1.07. The second-order valence-electron chi connectivity index (χ2n) is 2.71. The molecule has 2 nitrogen and oxygen atoms in total. The molecule has 0 spiro atoms. The van der Waals surface area contributed by atoms with Crippen LogP contribution in [0.15, 0.2) is 30.4 Å². The summed E-state index contributed by atoms with van der Waals surface area (Å²) in [6, 6.07) is 4.14. The predicted octanol–water partition coefficient (Wildman–Crippen LogP) is 2.59. The maximum Gasteiger partial charge on any atom is 0.185 e. The summed E-state index contributed by atoms with van der Waals surface area (Å²) in [5, 5.41) is 0. The van der Waals surface area contributed by atoms with E-state index >= 15 is 0 Å². The molecule has 0 aliphatic rings. The molecule has 1 aromatic carbocycles. The zero-order valence-electron chi connectivity index (χ0n) is 8.08. The lowest BCUT2D eigenvalue weighted by Gasteiger charge is -2.02. The Bertz CT molecular complexity index is 370. The first-order valence-electron chi connectivity index (χ1n) is 4.19. The van der Waals surface area contributed by atoms with Crippen LogP contribution >= 0.6 is 0 Å². The first-order chi connectivity index (χ1) is 6.69. The Labute approximate surface area is 82.0 Å². The van der Waals surface area contributed by atoms with Gasteiger partial charge in [0.2, 0.25) is 0 Å². The lowest BCUT2D eigenvalue weighted by molar-refractivity contribution is 0.104. The number of ether oxygens (including phenoxy) is 1. The molecule has 3 heteroatoms. The monoisotopic (exact) mass is 194 g/mol. The number of ketones is 1. The number of allylic oxidation sites excluding steroid dienone is 2. The van der Waals surface area contributed by atoms with E-state index in [0.29, 0.717) is 5.56 Å². The van der Waals surface area contributed by atoms with Crippen LogP contribution in [-0.2, 0) is 0 Å². The van der Waals surface area contributed by atoms with Crippen LogP contribution in [-0.4, -0.2) is 12.9 Å². The van der Waals surface area contributed by atoms with Crippen molar-refractivity contribution in [3.05, 3.63) is 41.7 Å². The minimum atomic E-state index is -0.525. The summed E-state index contributed by atoms with van der Waals surface area (Å²) in [7, 11) is 1.38. The molecular formula is C11H11FO2. The number of methoxy groups -OCH3 is 1. The number of rotatable bonds is 3. The second-order valence-corrected chi connectivity index (χ2v) is 2.71. The van der Waals surface area contributed by atoms with E-state index in [0.717, 1.165) is 0 Å². The molecule has 0 saturated carbocycles. The van der Waals surface area contributed by atoms with E-state index < -0.39 is 5.82 Å². The molecule has 0 aromatic heterocycles. The van der Waals surface area contributed by atoms with E-state index in [9.17, 15) is 9.18 Å². The van der Waals surface area contributed by atoms with Crippen molar-refractivity contribution >= 4 is 5.78 Å². The van der Waals surface area contributed by atoms with Gasteiger partial charge in [-0.15, -0.1) is 0 Å². The molecule has 0 fully saturated rings. The Hall–Kier alpha value is -1.64. The van der Waals surface area contributed by atoms with Crippen molar-refractivity contribution in [1.82, 2.24) is 0 Å². The normalized spacial score (nSPS) is 10.5. The molecule has 74 valence electrons. The average molecular weight is 194 g/mol. The highest BCUT2D eigenvalue weighted by Crippen LogP contribution is 2.17. The van der Waals surface area contributed by atoms with Crippen molar-refractivity contribution in [3.63, 3.8) is 0 Å². The summed E-state index contributed by atoms with van der Waals surface area (Å²) < 4.78 is 17.9. The van der Waals surface area contributed by atoms with Gasteiger partial charge in [0.05, 0.1) is 7.11 Å². The molecule has 0 heterocycles. The molecule has 0 saturated heterocycles. The third kappa shape index (κ3) is 2.19. The van der Waals surface area contributed by atoms with E-state index in [-0.39, 0.29) is 11.5 Å². The third-order valence-corrected chi connectivity index (χ3v) is 1.75. The van der Waals surface area contributed by atoms with Gasteiger partial charge in [-0.3, -0.25) is 4.79 Å². The Morgan fingerprint density at radius 1 is 1.50 bits per heavy atom. The minimum Gasteiger partial charge on any atom is -0.494 e. The second kappa shape index (κ2) is 4.56. The lowest BCUT2D eigenvalue weighted by Crippen LogP contribution is -1.96. The van der Waals surface area contributed by atoms with Gasteiger partial charge in [0, 0.05) is 5.56 Å². The van der Waals surface area contributed by atoms with Gasteiger partial charge in [-0.1, -0.05) is 6.08 Å². The molecule has 0 amide bonds. The summed E-state index contributed by atoms with van der Waals surface area (Å²) in [6.45, 7) is 1.73. The van der Waals surface area contributed by atoms with Gasteiger partial charge in [-0.25, -0.2) is 4.39 Å². The van der Waals surface area contributed by atoms with Crippen LogP contribution in [0.3, 0.4) is 0 Å². The van der Waals surface area contributed by atoms with Crippen LogP contribution in [0, 0.1) is 5.82 Å². The summed E-state index contributed by atoms with van der Waals surface area (Å²) >= 11 is 0. The van der Waals surface area contributed by atoms with Gasteiger partial charge in [0.15, 0.2) is 17.3 Å². The van der Waals surface area contributed by atoms with E-state index in [1.54, 1.807) is 13.0 Å². The van der Waals surface area contributed by atoms with Crippen molar-refractivity contribution < 1.29 is 13.9 Å². The smallest absolute Gasteiger partial charge is 0.185 e. The van der Waals surface area contributed by atoms with Gasteiger partial charge in [-0.2, -0.15) is 0 Å². The number of benzene rings is 1. The lowest BCUT2D eigenvalue weighted by atomic mass is 10.1. The van der Waals surface area contributed by atoms with Crippen LogP contribution in [0.4, 0.5) is 4.39 Å². The molecule has 0 radical (unpaired) electrons. The highest BCUT2D eigenvalue weighted by molar-refractivity contribution is 6.04. The standard InChI is InChI=1S/C11H11FO2/c1-3-4-10(13)8-5-6-11(14-2)9(12)7-8/h3-7H,1-2H3. The van der Waals surface area contributed by atoms with E-state index in [1.165, 1.54) is 31.4 Å². The zero-order chi connectivity index (χ0) is 10.6. The molecule has 0 N–H and O–H groups in total. The first-order valence-corrected chi connectivity index (χ1v) is 4.19. The predicted molar refractivity (Wildman–Crippen MR) is 52.1 cm³/mol. The van der Waals surface area contributed by atoms with Gasteiger partial charge < -0.3 is 4.74 Å². The van der Waals surface area contributed by atoms with Gasteiger partial charge in [0.25, 0.3) is 0 Å². The van der Waals surface area contributed by atoms with Crippen LogP contribution in [0.25, 0.3) is 0 Å². The van der Waals surface area contributed by atoms with Crippen molar-refractivity contribution in [2.45, 2.75) is 6.92 Å². The topological polar surface area (TPSA) is 26.3 Å². The maximum atomic E-state index is 13.1. The molecule has 14 heavy (non-hydrogen) atoms. The highest BCUT2D eigenvalue weighted by Gasteiger charge is 2.06. The van der Waals surface area contributed by atoms with Crippen LogP contribution in [0.1, 0.15) is 17.3 Å². The summed E-state index contributed by atoms with van der Waals surface area (Å²) in [5.74, 6) is -0.598. The average Bonchev–Trinajstić information content (AvgIpc) is 2.18. The van der Waals surface area contributed by atoms with Crippen molar-refractivity contribution in [2.24, 2.45) is 0 Å². The largest absolute Gasteiger partial charge is 0.494 e. The zero-order valence-corrected chi connectivity index (χ0v) is 8.08.